The summed E-state index contributed by atoms with van der Waals surface area (Å²) in [7, 11) is 0. The lowest BCUT2D eigenvalue weighted by atomic mass is 10.1. The number of benzene rings is 1. The molecule has 1 aliphatic carbocycles. The molecule has 0 radical (unpaired) electrons. The summed E-state index contributed by atoms with van der Waals surface area (Å²) in [5.41, 5.74) is 1.81. The molecule has 1 aliphatic rings. The number of aliphatic hydroxyl groups excluding tert-OH is 1. The summed E-state index contributed by atoms with van der Waals surface area (Å²) in [4.78, 5) is 12.9. The lowest BCUT2D eigenvalue weighted by Crippen LogP contribution is -2.35. The summed E-state index contributed by atoms with van der Waals surface area (Å²) in [6.45, 7) is 0.844. The summed E-state index contributed by atoms with van der Waals surface area (Å²) in [6.07, 6.45) is 5.82. The Labute approximate surface area is 102 Å². The molecule has 92 valence electrons. The molecular formula is C14H19NO2. The Kier molecular flexibility index (Phi) is 4.15. The number of hydrogen-bond donors (Lipinski definition) is 1. The SMILES string of the molecule is O=Cc1ccc(N(CCO)C2CCCC2)cc1. The van der Waals surface area contributed by atoms with Crippen LogP contribution in [0.2, 0.25) is 0 Å². The standard InChI is InChI=1S/C14H19NO2/c16-10-9-15(13-3-1-2-4-13)14-7-5-12(11-17)6-8-14/h5-8,11,13,16H,1-4,9-10H2. The predicted molar refractivity (Wildman–Crippen MR) is 68.5 cm³/mol. The zero-order valence-electron chi connectivity index (χ0n) is 10.0. The van der Waals surface area contributed by atoms with Crippen molar-refractivity contribution in [2.45, 2.75) is 31.7 Å². The molecule has 3 heteroatoms. The van der Waals surface area contributed by atoms with Crippen molar-refractivity contribution in [3.63, 3.8) is 0 Å². The molecule has 1 aromatic carbocycles. The monoisotopic (exact) mass is 233 g/mol. The molecule has 3 nitrogen and oxygen atoms in total. The molecule has 0 aromatic heterocycles. The summed E-state index contributed by atoms with van der Waals surface area (Å²) in [5.74, 6) is 0. The third kappa shape index (κ3) is 2.86. The van der Waals surface area contributed by atoms with Crippen molar-refractivity contribution in [1.29, 1.82) is 0 Å². The van der Waals surface area contributed by atoms with Gasteiger partial charge in [-0.15, -0.1) is 0 Å². The van der Waals surface area contributed by atoms with Crippen LogP contribution in [0.1, 0.15) is 36.0 Å². The zero-order valence-corrected chi connectivity index (χ0v) is 10.0. The number of nitrogens with zero attached hydrogens (tertiary/aromatic N) is 1. The van der Waals surface area contributed by atoms with E-state index in [0.717, 1.165) is 12.0 Å². The molecule has 0 spiro atoms. The molecule has 2 rings (SSSR count). The number of carbonyl (C=O) groups is 1. The quantitative estimate of drug-likeness (QED) is 0.793. The van der Waals surface area contributed by atoms with E-state index in [-0.39, 0.29) is 6.61 Å². The first-order valence-electron chi connectivity index (χ1n) is 6.28. The highest BCUT2D eigenvalue weighted by Crippen LogP contribution is 2.28. The highest BCUT2D eigenvalue weighted by atomic mass is 16.3. The van der Waals surface area contributed by atoms with Gasteiger partial charge >= 0.3 is 0 Å². The molecule has 0 amide bonds. The second kappa shape index (κ2) is 5.82. The van der Waals surface area contributed by atoms with Gasteiger partial charge in [0.05, 0.1) is 6.61 Å². The maximum atomic E-state index is 10.6. The number of carbonyl (C=O) groups excluding carboxylic acids is 1. The number of aliphatic hydroxyl groups is 1. The van der Waals surface area contributed by atoms with E-state index in [1.807, 2.05) is 24.3 Å². The minimum Gasteiger partial charge on any atom is -0.395 e. The van der Waals surface area contributed by atoms with Crippen LogP contribution in [0.15, 0.2) is 24.3 Å². The van der Waals surface area contributed by atoms with Crippen molar-refractivity contribution >= 4 is 12.0 Å². The van der Waals surface area contributed by atoms with Crippen LogP contribution in [-0.2, 0) is 0 Å². The Bertz CT molecular complexity index is 355. The van der Waals surface area contributed by atoms with Crippen LogP contribution < -0.4 is 4.90 Å². The predicted octanol–water partition coefficient (Wildman–Crippen LogP) is 2.24. The van der Waals surface area contributed by atoms with Crippen LogP contribution in [-0.4, -0.2) is 30.6 Å². The molecule has 1 saturated carbocycles. The van der Waals surface area contributed by atoms with Gasteiger partial charge in [-0.05, 0) is 37.1 Å². The molecule has 0 heterocycles. The number of anilines is 1. The normalized spacial score (nSPS) is 16.1. The van der Waals surface area contributed by atoms with Gasteiger partial charge in [0.1, 0.15) is 6.29 Å². The van der Waals surface area contributed by atoms with Gasteiger partial charge in [0, 0.05) is 23.8 Å². The molecular weight excluding hydrogens is 214 g/mol. The van der Waals surface area contributed by atoms with Crippen molar-refractivity contribution in [3.8, 4) is 0 Å². The van der Waals surface area contributed by atoms with Crippen LogP contribution in [0.5, 0.6) is 0 Å². The van der Waals surface area contributed by atoms with Crippen molar-refractivity contribution in [2.24, 2.45) is 0 Å². The Balaban J connectivity index is 2.15. The summed E-state index contributed by atoms with van der Waals surface area (Å²) in [5, 5.41) is 9.16. The van der Waals surface area contributed by atoms with E-state index in [4.69, 9.17) is 5.11 Å². The minimum absolute atomic E-state index is 0.173. The van der Waals surface area contributed by atoms with Gasteiger partial charge in [0.15, 0.2) is 0 Å². The van der Waals surface area contributed by atoms with Gasteiger partial charge < -0.3 is 10.0 Å². The number of aldehydes is 1. The Hall–Kier alpha value is -1.35. The number of hydrogen-bond acceptors (Lipinski definition) is 3. The summed E-state index contributed by atoms with van der Waals surface area (Å²) < 4.78 is 0. The van der Waals surface area contributed by atoms with Gasteiger partial charge in [-0.3, -0.25) is 4.79 Å². The molecule has 0 unspecified atom stereocenters. The second-order valence-electron chi connectivity index (χ2n) is 4.56. The molecule has 0 aliphatic heterocycles. The Morgan fingerprint density at radius 3 is 2.41 bits per heavy atom. The van der Waals surface area contributed by atoms with Crippen LogP contribution in [0.25, 0.3) is 0 Å². The van der Waals surface area contributed by atoms with Crippen molar-refractivity contribution in [2.75, 3.05) is 18.1 Å². The van der Waals surface area contributed by atoms with Gasteiger partial charge in [-0.1, -0.05) is 12.8 Å². The van der Waals surface area contributed by atoms with E-state index >= 15 is 0 Å². The van der Waals surface area contributed by atoms with Crippen molar-refractivity contribution < 1.29 is 9.90 Å². The summed E-state index contributed by atoms with van der Waals surface area (Å²) >= 11 is 0. The maximum absolute atomic E-state index is 10.6. The lowest BCUT2D eigenvalue weighted by Gasteiger charge is -2.30. The largest absolute Gasteiger partial charge is 0.395 e. The fourth-order valence-corrected chi connectivity index (χ4v) is 2.59. The second-order valence-corrected chi connectivity index (χ2v) is 4.56. The van der Waals surface area contributed by atoms with Crippen LogP contribution in [0, 0.1) is 0 Å². The van der Waals surface area contributed by atoms with E-state index in [9.17, 15) is 4.79 Å². The molecule has 17 heavy (non-hydrogen) atoms. The van der Waals surface area contributed by atoms with Crippen molar-refractivity contribution in [3.05, 3.63) is 29.8 Å². The fraction of sp³-hybridized carbons (Fsp3) is 0.500. The smallest absolute Gasteiger partial charge is 0.150 e. The van der Waals surface area contributed by atoms with Gasteiger partial charge in [0.25, 0.3) is 0 Å². The molecule has 1 N–H and O–H groups in total. The topological polar surface area (TPSA) is 40.5 Å². The average molecular weight is 233 g/mol. The minimum atomic E-state index is 0.173. The average Bonchev–Trinajstić information content (AvgIpc) is 2.90. The Morgan fingerprint density at radius 2 is 1.88 bits per heavy atom. The summed E-state index contributed by atoms with van der Waals surface area (Å²) in [6, 6.07) is 8.16. The molecule has 0 atom stereocenters. The maximum Gasteiger partial charge on any atom is 0.150 e. The van der Waals surface area contributed by atoms with Crippen LogP contribution in [0.3, 0.4) is 0 Å². The highest BCUT2D eigenvalue weighted by Gasteiger charge is 2.22. The van der Waals surface area contributed by atoms with E-state index in [1.165, 1.54) is 25.7 Å². The molecule has 0 saturated heterocycles. The first-order chi connectivity index (χ1) is 8.35. The van der Waals surface area contributed by atoms with E-state index in [2.05, 4.69) is 4.90 Å². The Morgan fingerprint density at radius 1 is 1.24 bits per heavy atom. The fourth-order valence-electron chi connectivity index (χ4n) is 2.59. The molecule has 1 aromatic rings. The first-order valence-corrected chi connectivity index (χ1v) is 6.28. The van der Waals surface area contributed by atoms with E-state index in [0.29, 0.717) is 18.2 Å². The van der Waals surface area contributed by atoms with Crippen LogP contribution >= 0.6 is 0 Å². The van der Waals surface area contributed by atoms with Crippen molar-refractivity contribution in [1.82, 2.24) is 0 Å². The third-order valence-electron chi connectivity index (χ3n) is 3.47. The van der Waals surface area contributed by atoms with Gasteiger partial charge in [-0.2, -0.15) is 0 Å². The first kappa shape index (κ1) is 12.1. The van der Waals surface area contributed by atoms with E-state index < -0.39 is 0 Å². The number of rotatable bonds is 5. The van der Waals surface area contributed by atoms with Crippen LogP contribution in [0.4, 0.5) is 5.69 Å². The zero-order chi connectivity index (χ0) is 12.1. The van der Waals surface area contributed by atoms with Gasteiger partial charge in [-0.25, -0.2) is 0 Å². The molecule has 1 fully saturated rings. The van der Waals surface area contributed by atoms with E-state index in [1.54, 1.807) is 0 Å². The lowest BCUT2D eigenvalue weighted by molar-refractivity contribution is 0.112. The highest BCUT2D eigenvalue weighted by molar-refractivity contribution is 5.75. The molecule has 0 bridgehead atoms. The van der Waals surface area contributed by atoms with Gasteiger partial charge in [0.2, 0.25) is 0 Å². The third-order valence-corrected chi connectivity index (χ3v) is 3.47.